The Morgan fingerprint density at radius 2 is 1.46 bits per heavy atom. The van der Waals surface area contributed by atoms with E-state index < -0.39 is 60.2 Å². The van der Waals surface area contributed by atoms with Crippen LogP contribution in [0, 0.1) is 0 Å². The van der Waals surface area contributed by atoms with Gasteiger partial charge in [-0.05, 0) is 49.8 Å². The van der Waals surface area contributed by atoms with Crippen molar-refractivity contribution in [3.05, 3.63) is 35.9 Å². The summed E-state index contributed by atoms with van der Waals surface area (Å²) in [5, 5.41) is 26.1. The summed E-state index contributed by atoms with van der Waals surface area (Å²) in [5.74, 6) is -4.31. The van der Waals surface area contributed by atoms with Gasteiger partial charge in [-0.25, -0.2) is 4.79 Å². The Kier molecular flexibility index (Phi) is 14.9. The first-order valence-electron chi connectivity index (χ1n) is 11.9. The molecule has 0 radical (unpaired) electrons. The van der Waals surface area contributed by atoms with Crippen molar-refractivity contribution in [1.29, 1.82) is 0 Å². The van der Waals surface area contributed by atoms with Gasteiger partial charge in [0.25, 0.3) is 0 Å². The third-order valence-corrected chi connectivity index (χ3v) is 6.10. The highest BCUT2D eigenvalue weighted by Crippen LogP contribution is 2.07. The molecule has 12 nitrogen and oxygen atoms in total. The molecular weight excluding hydrogens is 502 g/mol. The number of nitrogens with one attached hydrogen (secondary N) is 3. The number of nitrogens with two attached hydrogens (primary N) is 2. The van der Waals surface area contributed by atoms with E-state index in [0.717, 1.165) is 0 Å². The number of carbonyl (C=O) groups excluding carboxylic acids is 3. The molecule has 0 saturated carbocycles. The topological polar surface area (TPSA) is 214 Å². The highest BCUT2D eigenvalue weighted by atomic mass is 32.2. The number of hydrogen-bond donors (Lipinski definition) is 7. The summed E-state index contributed by atoms with van der Waals surface area (Å²) in [4.78, 5) is 61.5. The van der Waals surface area contributed by atoms with Gasteiger partial charge in [0, 0.05) is 6.42 Å². The maximum Gasteiger partial charge on any atom is 0.326 e. The summed E-state index contributed by atoms with van der Waals surface area (Å²) in [7, 11) is 0. The Hall–Kier alpha value is -3.16. The third kappa shape index (κ3) is 12.6. The van der Waals surface area contributed by atoms with E-state index in [1.807, 2.05) is 6.26 Å². The molecule has 3 amide bonds. The molecule has 206 valence electrons. The van der Waals surface area contributed by atoms with Crippen LogP contribution in [0.25, 0.3) is 0 Å². The second-order valence-electron chi connectivity index (χ2n) is 8.48. The fourth-order valence-corrected chi connectivity index (χ4v) is 3.88. The van der Waals surface area contributed by atoms with Gasteiger partial charge in [0.15, 0.2) is 0 Å². The fourth-order valence-electron chi connectivity index (χ4n) is 3.39. The lowest BCUT2D eigenvalue weighted by atomic mass is 10.0. The number of hydrogen-bond acceptors (Lipinski definition) is 8. The van der Waals surface area contributed by atoms with Gasteiger partial charge in [-0.1, -0.05) is 30.3 Å². The van der Waals surface area contributed by atoms with Crippen LogP contribution in [0.15, 0.2) is 30.3 Å². The number of thioether (sulfide) groups is 1. The van der Waals surface area contributed by atoms with Gasteiger partial charge in [0.05, 0.1) is 12.5 Å². The van der Waals surface area contributed by atoms with Crippen LogP contribution in [0.1, 0.15) is 37.7 Å². The Labute approximate surface area is 220 Å². The second kappa shape index (κ2) is 17.3. The molecule has 0 aliphatic heterocycles. The van der Waals surface area contributed by atoms with Crippen molar-refractivity contribution in [2.45, 2.75) is 62.7 Å². The Morgan fingerprint density at radius 3 is 2.03 bits per heavy atom. The number of amides is 3. The molecule has 4 atom stereocenters. The van der Waals surface area contributed by atoms with Crippen molar-refractivity contribution in [1.82, 2.24) is 16.0 Å². The van der Waals surface area contributed by atoms with Gasteiger partial charge in [-0.3, -0.25) is 19.2 Å². The first-order chi connectivity index (χ1) is 17.6. The number of rotatable bonds is 18. The zero-order chi connectivity index (χ0) is 27.8. The van der Waals surface area contributed by atoms with E-state index in [1.54, 1.807) is 30.3 Å². The summed E-state index contributed by atoms with van der Waals surface area (Å²) in [6, 6.07) is 3.89. The van der Waals surface area contributed by atoms with E-state index in [9.17, 15) is 34.2 Å². The lowest BCUT2D eigenvalue weighted by Crippen LogP contribution is -2.57. The average molecular weight is 540 g/mol. The minimum Gasteiger partial charge on any atom is -0.481 e. The molecule has 0 saturated heterocycles. The Morgan fingerprint density at radius 1 is 0.865 bits per heavy atom. The van der Waals surface area contributed by atoms with Crippen LogP contribution in [0.3, 0.4) is 0 Å². The van der Waals surface area contributed by atoms with Gasteiger partial charge in [0.1, 0.15) is 18.1 Å². The van der Waals surface area contributed by atoms with Gasteiger partial charge in [-0.15, -0.1) is 0 Å². The van der Waals surface area contributed by atoms with Crippen LogP contribution in [0.5, 0.6) is 0 Å². The highest BCUT2D eigenvalue weighted by Gasteiger charge is 2.31. The molecule has 37 heavy (non-hydrogen) atoms. The van der Waals surface area contributed by atoms with Gasteiger partial charge in [0.2, 0.25) is 17.7 Å². The molecule has 13 heteroatoms. The first-order valence-corrected chi connectivity index (χ1v) is 13.3. The van der Waals surface area contributed by atoms with Crippen LogP contribution >= 0.6 is 11.8 Å². The van der Waals surface area contributed by atoms with E-state index in [4.69, 9.17) is 11.5 Å². The number of aliphatic carboxylic acids is 2. The van der Waals surface area contributed by atoms with Crippen LogP contribution in [-0.4, -0.2) is 82.6 Å². The molecule has 4 unspecified atom stereocenters. The zero-order valence-electron chi connectivity index (χ0n) is 20.9. The van der Waals surface area contributed by atoms with E-state index in [2.05, 4.69) is 16.0 Å². The molecule has 0 spiro atoms. The highest BCUT2D eigenvalue weighted by molar-refractivity contribution is 7.98. The van der Waals surface area contributed by atoms with Crippen molar-refractivity contribution >= 4 is 41.4 Å². The standard InChI is InChI=1S/C24H37N5O7S/c1-37-12-10-16(26)21(32)28-18(14-20(30)31)23(34)27-17(9-5-6-11-25)22(33)29-19(24(35)36)13-15-7-3-2-4-8-15/h2-4,7-8,16-19H,5-6,9-14,25-26H2,1H3,(H,27,34)(H,28,32)(H,29,33)(H,30,31)(H,35,36). The molecule has 1 rings (SSSR count). The SMILES string of the molecule is CSCCC(N)C(=O)NC(CC(=O)O)C(=O)NC(CCCCN)C(=O)NC(Cc1ccccc1)C(=O)O. The smallest absolute Gasteiger partial charge is 0.326 e. The summed E-state index contributed by atoms with van der Waals surface area (Å²) in [6.45, 7) is 0.347. The van der Waals surface area contributed by atoms with Crippen LogP contribution in [0.4, 0.5) is 0 Å². The Balaban J connectivity index is 2.99. The number of carbonyl (C=O) groups is 5. The second-order valence-corrected chi connectivity index (χ2v) is 9.47. The number of unbranched alkanes of at least 4 members (excludes halogenated alkanes) is 1. The molecule has 0 aromatic heterocycles. The molecule has 1 aromatic carbocycles. The minimum atomic E-state index is -1.48. The van der Waals surface area contributed by atoms with Crippen molar-refractivity contribution in [2.24, 2.45) is 11.5 Å². The van der Waals surface area contributed by atoms with Crippen LogP contribution in [0.2, 0.25) is 0 Å². The monoisotopic (exact) mass is 539 g/mol. The molecule has 9 N–H and O–H groups in total. The summed E-state index contributed by atoms with van der Waals surface area (Å²) < 4.78 is 0. The van der Waals surface area contributed by atoms with E-state index in [-0.39, 0.29) is 12.8 Å². The fraction of sp³-hybridized carbons (Fsp3) is 0.542. The van der Waals surface area contributed by atoms with Gasteiger partial charge in [-0.2, -0.15) is 11.8 Å². The summed E-state index contributed by atoms with van der Waals surface area (Å²) in [5.41, 5.74) is 12.0. The zero-order valence-corrected chi connectivity index (χ0v) is 21.7. The molecular formula is C24H37N5O7S. The summed E-state index contributed by atoms with van der Waals surface area (Å²) >= 11 is 1.48. The minimum absolute atomic E-state index is 0.0248. The molecule has 1 aromatic rings. The molecule has 0 heterocycles. The molecule has 0 fully saturated rings. The first kappa shape index (κ1) is 31.9. The van der Waals surface area contributed by atoms with Crippen molar-refractivity contribution in [3.8, 4) is 0 Å². The van der Waals surface area contributed by atoms with Gasteiger partial charge >= 0.3 is 11.9 Å². The molecule has 0 aliphatic rings. The maximum atomic E-state index is 13.0. The normalized spacial score (nSPS) is 14.0. The quantitative estimate of drug-likeness (QED) is 0.118. The van der Waals surface area contributed by atoms with Crippen LogP contribution < -0.4 is 27.4 Å². The lowest BCUT2D eigenvalue weighted by molar-refractivity contribution is -0.143. The third-order valence-electron chi connectivity index (χ3n) is 5.46. The predicted octanol–water partition coefficient (Wildman–Crippen LogP) is -0.548. The van der Waals surface area contributed by atoms with E-state index >= 15 is 0 Å². The largest absolute Gasteiger partial charge is 0.481 e. The van der Waals surface area contributed by atoms with E-state index in [1.165, 1.54) is 11.8 Å². The van der Waals surface area contributed by atoms with Crippen molar-refractivity contribution < 1.29 is 34.2 Å². The van der Waals surface area contributed by atoms with Gasteiger partial charge < -0.3 is 37.6 Å². The number of carboxylic acid groups (broad SMARTS) is 2. The van der Waals surface area contributed by atoms with Crippen molar-refractivity contribution in [3.63, 3.8) is 0 Å². The number of benzene rings is 1. The molecule has 0 aliphatic carbocycles. The maximum absolute atomic E-state index is 13.0. The molecule has 0 bridgehead atoms. The predicted molar refractivity (Wildman–Crippen MR) is 140 cm³/mol. The Bertz CT molecular complexity index is 903. The lowest BCUT2D eigenvalue weighted by Gasteiger charge is -2.25. The van der Waals surface area contributed by atoms with Crippen LogP contribution in [-0.2, 0) is 30.4 Å². The average Bonchev–Trinajstić information content (AvgIpc) is 2.85. The number of carboxylic acids is 2. The summed E-state index contributed by atoms with van der Waals surface area (Å²) in [6.07, 6.45) is 2.60. The van der Waals surface area contributed by atoms with Crippen molar-refractivity contribution in [2.75, 3.05) is 18.6 Å². The van der Waals surface area contributed by atoms with E-state index in [0.29, 0.717) is 37.1 Å².